The molecule has 1 heterocycles. The minimum absolute atomic E-state index is 0.0573. The predicted molar refractivity (Wildman–Crippen MR) is 171 cm³/mol. The minimum Gasteiger partial charge on any atom is -0.478 e. The summed E-state index contributed by atoms with van der Waals surface area (Å²) in [5.74, 6) is -2.18. The summed E-state index contributed by atoms with van der Waals surface area (Å²) in [5.41, 5.74) is 2.30. The van der Waals surface area contributed by atoms with E-state index in [0.717, 1.165) is 47.4 Å². The summed E-state index contributed by atoms with van der Waals surface area (Å²) < 4.78 is 5.07. The fourth-order valence-corrected chi connectivity index (χ4v) is 7.68. The van der Waals surface area contributed by atoms with Crippen molar-refractivity contribution in [3.05, 3.63) is 87.8 Å². The molecule has 0 saturated carbocycles. The number of esters is 1. The highest BCUT2D eigenvalue weighted by molar-refractivity contribution is 8.00. The van der Waals surface area contributed by atoms with Crippen LogP contribution in [0.15, 0.2) is 65.6 Å². The third kappa shape index (κ3) is 6.60. The number of thiophene rings is 1. The number of benzene rings is 3. The number of carbonyl (C=O) groups excluding carboxylic acids is 3. The second-order valence-corrected chi connectivity index (χ2v) is 12.6. The molecule has 43 heavy (non-hydrogen) atoms. The zero-order chi connectivity index (χ0) is 30.5. The van der Waals surface area contributed by atoms with Gasteiger partial charge in [0.15, 0.2) is 0 Å². The van der Waals surface area contributed by atoms with Crippen LogP contribution >= 0.6 is 23.1 Å². The number of nitrogens with one attached hydrogen (secondary N) is 2. The second kappa shape index (κ2) is 13.4. The van der Waals surface area contributed by atoms with E-state index in [1.807, 2.05) is 13.0 Å². The van der Waals surface area contributed by atoms with Crippen molar-refractivity contribution in [3.8, 4) is 0 Å². The van der Waals surface area contributed by atoms with E-state index in [1.165, 1.54) is 36.3 Å². The van der Waals surface area contributed by atoms with Gasteiger partial charge in [0.1, 0.15) is 5.00 Å². The molecule has 4 aromatic rings. The number of fused-ring (bicyclic) bond motifs is 2. The number of thioether (sulfide) groups is 1. The number of amides is 2. The van der Waals surface area contributed by atoms with Crippen molar-refractivity contribution < 1.29 is 29.0 Å². The maximum absolute atomic E-state index is 13.5. The normalized spacial score (nSPS) is 13.4. The molecule has 1 aliphatic carbocycles. The van der Waals surface area contributed by atoms with Gasteiger partial charge in [-0.25, -0.2) is 9.59 Å². The zero-order valence-electron chi connectivity index (χ0n) is 23.9. The average Bonchev–Trinajstić information content (AvgIpc) is 3.18. The lowest BCUT2D eigenvalue weighted by atomic mass is 9.98. The van der Waals surface area contributed by atoms with E-state index in [9.17, 15) is 24.3 Å². The van der Waals surface area contributed by atoms with E-state index in [4.69, 9.17) is 4.74 Å². The molecule has 8 nitrogen and oxygen atoms in total. The van der Waals surface area contributed by atoms with Crippen molar-refractivity contribution in [2.24, 2.45) is 0 Å². The van der Waals surface area contributed by atoms with Gasteiger partial charge >= 0.3 is 11.9 Å². The Hall–Kier alpha value is -4.15. The Morgan fingerprint density at radius 2 is 1.67 bits per heavy atom. The van der Waals surface area contributed by atoms with Crippen molar-refractivity contribution in [3.63, 3.8) is 0 Å². The Morgan fingerprint density at radius 3 is 2.40 bits per heavy atom. The third-order valence-corrected chi connectivity index (χ3v) is 10.0. The van der Waals surface area contributed by atoms with Crippen LogP contribution < -0.4 is 10.6 Å². The predicted octanol–water partition coefficient (Wildman–Crippen LogP) is 7.42. The van der Waals surface area contributed by atoms with Crippen LogP contribution in [0, 0.1) is 0 Å². The molecular weight excluding hydrogens is 585 g/mol. The summed E-state index contributed by atoms with van der Waals surface area (Å²) in [7, 11) is 1.36. The summed E-state index contributed by atoms with van der Waals surface area (Å²) in [6, 6.07) is 17.2. The molecule has 1 aromatic heterocycles. The van der Waals surface area contributed by atoms with E-state index >= 15 is 0 Å². The van der Waals surface area contributed by atoms with Crippen LogP contribution in [-0.2, 0) is 22.4 Å². The van der Waals surface area contributed by atoms with Gasteiger partial charge in [0, 0.05) is 26.4 Å². The molecule has 0 bridgehead atoms. The van der Waals surface area contributed by atoms with Gasteiger partial charge in [-0.05, 0) is 73.4 Å². The number of carbonyl (C=O) groups is 4. The van der Waals surface area contributed by atoms with Crippen LogP contribution in [0.25, 0.3) is 10.8 Å². The summed E-state index contributed by atoms with van der Waals surface area (Å²) in [4.78, 5) is 53.2. The fraction of sp³-hybridized carbons (Fsp3) is 0.273. The Balaban J connectivity index is 1.33. The highest BCUT2D eigenvalue weighted by Gasteiger charge is 2.28. The van der Waals surface area contributed by atoms with Crippen molar-refractivity contribution in [2.75, 3.05) is 17.7 Å². The maximum Gasteiger partial charge on any atom is 0.341 e. The van der Waals surface area contributed by atoms with Crippen LogP contribution in [0.2, 0.25) is 0 Å². The molecule has 5 rings (SSSR count). The first-order valence-corrected chi connectivity index (χ1v) is 15.9. The van der Waals surface area contributed by atoms with E-state index in [0.29, 0.717) is 33.4 Å². The Bertz CT molecular complexity index is 1710. The van der Waals surface area contributed by atoms with Gasteiger partial charge in [0.25, 0.3) is 5.91 Å². The van der Waals surface area contributed by atoms with Crippen LogP contribution in [-0.4, -0.2) is 41.2 Å². The number of rotatable bonds is 9. The smallest absolute Gasteiger partial charge is 0.341 e. The molecule has 1 atom stereocenters. The number of ether oxygens (including phenoxy) is 1. The van der Waals surface area contributed by atoms with Crippen LogP contribution in [0.1, 0.15) is 74.1 Å². The van der Waals surface area contributed by atoms with Crippen molar-refractivity contribution in [1.82, 2.24) is 0 Å². The lowest BCUT2D eigenvalue weighted by molar-refractivity contribution is -0.115. The molecule has 1 aliphatic rings. The number of anilines is 2. The molecule has 0 aliphatic heterocycles. The number of methoxy groups -OCH3 is 1. The van der Waals surface area contributed by atoms with Gasteiger partial charge in [-0.1, -0.05) is 43.7 Å². The minimum atomic E-state index is -1.11. The van der Waals surface area contributed by atoms with Crippen molar-refractivity contribution in [2.45, 2.75) is 55.6 Å². The quantitative estimate of drug-likeness (QED) is 0.102. The van der Waals surface area contributed by atoms with Crippen molar-refractivity contribution >= 4 is 68.3 Å². The van der Waals surface area contributed by atoms with E-state index in [2.05, 4.69) is 10.6 Å². The number of aromatic carboxylic acids is 1. The molecule has 3 N–H and O–H groups in total. The van der Waals surface area contributed by atoms with Crippen LogP contribution in [0.3, 0.4) is 0 Å². The number of carboxylic acid groups (broad SMARTS) is 1. The lowest BCUT2D eigenvalue weighted by Gasteiger charge is -2.16. The molecule has 1 unspecified atom stereocenters. The molecule has 2 amide bonds. The van der Waals surface area contributed by atoms with Crippen LogP contribution in [0.4, 0.5) is 10.7 Å². The zero-order valence-corrected chi connectivity index (χ0v) is 25.5. The van der Waals surface area contributed by atoms with E-state index < -0.39 is 23.1 Å². The first-order valence-electron chi connectivity index (χ1n) is 14.2. The fourth-order valence-electron chi connectivity index (χ4n) is 5.38. The summed E-state index contributed by atoms with van der Waals surface area (Å²) >= 11 is 2.83. The van der Waals surface area contributed by atoms with Gasteiger partial charge in [0.2, 0.25) is 5.91 Å². The molecule has 0 spiro atoms. The molecule has 0 radical (unpaired) electrons. The summed E-state index contributed by atoms with van der Waals surface area (Å²) in [5, 5.41) is 16.7. The number of hydrogen-bond acceptors (Lipinski definition) is 7. The first kappa shape index (κ1) is 30.3. The third-order valence-electron chi connectivity index (χ3n) is 7.46. The molecule has 3 aromatic carbocycles. The number of aryl methyl sites for hydroxylation is 1. The van der Waals surface area contributed by atoms with Gasteiger partial charge < -0.3 is 20.5 Å². The highest BCUT2D eigenvalue weighted by Crippen LogP contribution is 2.39. The van der Waals surface area contributed by atoms with Gasteiger partial charge in [-0.2, -0.15) is 0 Å². The largest absolute Gasteiger partial charge is 0.478 e. The van der Waals surface area contributed by atoms with Gasteiger partial charge in [0.05, 0.1) is 23.5 Å². The number of hydrogen-bond donors (Lipinski definition) is 3. The van der Waals surface area contributed by atoms with E-state index in [1.54, 1.807) is 48.5 Å². The SMILES string of the molecule is CCC(Sc1cccc(NC(=O)c2cccc3cccc(C(=O)O)c23)c1)C(=O)Nc1sc2c(c1C(=O)OC)CCCCC2. The lowest BCUT2D eigenvalue weighted by Crippen LogP contribution is -2.25. The molecule has 0 fully saturated rings. The second-order valence-electron chi connectivity index (χ2n) is 10.3. The molecule has 0 saturated heterocycles. The standard InChI is InChI=1S/C33H32N2O6S2/c1-3-25(30(37)35-31-28(33(40)41-2)22-14-5-4-6-17-26(22)43-31)42-21-13-9-12-20(18-21)34-29(36)23-15-7-10-19-11-8-16-24(27(19)23)32(38)39/h7-13,15-16,18,25H,3-6,14,17H2,1-2H3,(H,34,36)(H,35,37)(H,38,39). The Kier molecular flexibility index (Phi) is 9.47. The van der Waals surface area contributed by atoms with Gasteiger partial charge in [-0.15, -0.1) is 23.1 Å². The monoisotopic (exact) mass is 616 g/mol. The van der Waals surface area contributed by atoms with Crippen LogP contribution in [0.5, 0.6) is 0 Å². The number of carboxylic acids is 1. The highest BCUT2D eigenvalue weighted by atomic mass is 32.2. The topological polar surface area (TPSA) is 122 Å². The van der Waals surface area contributed by atoms with E-state index in [-0.39, 0.29) is 17.0 Å². The maximum atomic E-state index is 13.5. The van der Waals surface area contributed by atoms with Crippen molar-refractivity contribution in [1.29, 1.82) is 0 Å². The summed E-state index contributed by atoms with van der Waals surface area (Å²) in [6.45, 7) is 1.92. The molecule has 10 heteroatoms. The molecule has 222 valence electrons. The molecular formula is C33H32N2O6S2. The first-order chi connectivity index (χ1) is 20.8. The summed E-state index contributed by atoms with van der Waals surface area (Å²) in [6.07, 6.45) is 5.40. The Morgan fingerprint density at radius 1 is 0.953 bits per heavy atom. The average molecular weight is 617 g/mol. The Labute approximate surface area is 257 Å². The van der Waals surface area contributed by atoms with Gasteiger partial charge in [-0.3, -0.25) is 9.59 Å².